The fourth-order valence-corrected chi connectivity index (χ4v) is 3.47. The molecule has 118 valence electrons. The second-order valence-electron chi connectivity index (χ2n) is 6.06. The minimum Gasteiger partial charge on any atom is -0.334 e. The molecule has 6 nitrogen and oxygen atoms in total. The average Bonchev–Trinajstić information content (AvgIpc) is 3.20. The lowest BCUT2D eigenvalue weighted by molar-refractivity contribution is -0.135. The van der Waals surface area contributed by atoms with E-state index in [9.17, 15) is 4.79 Å². The molecule has 0 aromatic carbocycles. The van der Waals surface area contributed by atoms with Crippen LogP contribution < -0.4 is 0 Å². The Morgan fingerprint density at radius 2 is 2.18 bits per heavy atom. The molecule has 0 spiro atoms. The minimum atomic E-state index is -0.270. The van der Waals surface area contributed by atoms with Crippen LogP contribution in [0.4, 0.5) is 0 Å². The van der Waals surface area contributed by atoms with Gasteiger partial charge in [-0.15, -0.1) is 0 Å². The van der Waals surface area contributed by atoms with Crippen LogP contribution in [0.5, 0.6) is 0 Å². The van der Waals surface area contributed by atoms with E-state index in [0.717, 1.165) is 30.8 Å². The van der Waals surface area contributed by atoms with E-state index in [1.54, 1.807) is 10.9 Å². The molecule has 3 heterocycles. The quantitative estimate of drug-likeness (QED) is 0.873. The number of amides is 1. The molecule has 3 rings (SSSR count). The van der Waals surface area contributed by atoms with Gasteiger partial charge in [0.2, 0.25) is 5.91 Å². The fraction of sp³-hybridized carbons (Fsp3) is 0.562. The number of hydrogen-bond donors (Lipinski definition) is 0. The minimum absolute atomic E-state index is 0.133. The molecule has 0 N–H and O–H groups in total. The molecule has 0 bridgehead atoms. The van der Waals surface area contributed by atoms with Crippen molar-refractivity contribution in [1.82, 2.24) is 24.5 Å². The standard InChI is InChI=1S/C16H23N5O/c1-11-15(12(2)19(4)18-11)14-7-5-9-20(14)16(22)13(3)21-10-6-8-17-21/h6,8,10,13-14H,5,7,9H2,1-4H3/t13-,14-/m1/s1. The van der Waals surface area contributed by atoms with Crippen LogP contribution in [0.3, 0.4) is 0 Å². The molecule has 2 aromatic rings. The highest BCUT2D eigenvalue weighted by atomic mass is 16.2. The summed E-state index contributed by atoms with van der Waals surface area (Å²) in [4.78, 5) is 14.9. The number of aromatic nitrogens is 4. The Labute approximate surface area is 130 Å². The number of aryl methyl sites for hydroxylation is 2. The van der Waals surface area contributed by atoms with Gasteiger partial charge in [0.15, 0.2) is 0 Å². The molecule has 6 heteroatoms. The van der Waals surface area contributed by atoms with Crippen LogP contribution in [0.1, 0.15) is 48.8 Å². The first-order chi connectivity index (χ1) is 10.5. The summed E-state index contributed by atoms with van der Waals surface area (Å²) in [5.41, 5.74) is 3.38. The highest BCUT2D eigenvalue weighted by Gasteiger charge is 2.35. The highest BCUT2D eigenvalue weighted by molar-refractivity contribution is 5.80. The van der Waals surface area contributed by atoms with Gasteiger partial charge < -0.3 is 4.90 Å². The summed E-state index contributed by atoms with van der Waals surface area (Å²) < 4.78 is 3.63. The van der Waals surface area contributed by atoms with Crippen molar-refractivity contribution in [2.24, 2.45) is 7.05 Å². The maximum Gasteiger partial charge on any atom is 0.247 e. The predicted molar refractivity (Wildman–Crippen MR) is 83.3 cm³/mol. The number of nitrogens with zero attached hydrogens (tertiary/aromatic N) is 5. The lowest BCUT2D eigenvalue weighted by Crippen LogP contribution is -2.36. The van der Waals surface area contributed by atoms with Crippen molar-refractivity contribution in [3.8, 4) is 0 Å². The Kier molecular flexibility index (Phi) is 3.76. The maximum absolute atomic E-state index is 12.9. The van der Waals surface area contributed by atoms with Crippen molar-refractivity contribution in [1.29, 1.82) is 0 Å². The Morgan fingerprint density at radius 3 is 2.77 bits per heavy atom. The second-order valence-corrected chi connectivity index (χ2v) is 6.06. The molecular weight excluding hydrogens is 278 g/mol. The van der Waals surface area contributed by atoms with Gasteiger partial charge in [-0.1, -0.05) is 0 Å². The molecule has 0 unspecified atom stereocenters. The first kappa shape index (κ1) is 14.8. The van der Waals surface area contributed by atoms with Gasteiger partial charge in [0.1, 0.15) is 6.04 Å². The number of likely N-dealkylation sites (tertiary alicyclic amines) is 1. The predicted octanol–water partition coefficient (Wildman–Crippen LogP) is 2.16. The molecular formula is C16H23N5O. The van der Waals surface area contributed by atoms with Crippen LogP contribution in [-0.4, -0.2) is 36.9 Å². The topological polar surface area (TPSA) is 56.0 Å². The van der Waals surface area contributed by atoms with E-state index < -0.39 is 0 Å². The monoisotopic (exact) mass is 301 g/mol. The van der Waals surface area contributed by atoms with Crippen LogP contribution in [0.2, 0.25) is 0 Å². The molecule has 2 atom stereocenters. The van der Waals surface area contributed by atoms with Crippen LogP contribution in [0.15, 0.2) is 18.5 Å². The van der Waals surface area contributed by atoms with E-state index in [1.807, 2.05) is 42.7 Å². The van der Waals surface area contributed by atoms with Crippen molar-refractivity contribution in [3.05, 3.63) is 35.4 Å². The summed E-state index contributed by atoms with van der Waals surface area (Å²) in [7, 11) is 1.96. The molecule has 0 saturated carbocycles. The first-order valence-electron chi connectivity index (χ1n) is 7.80. The molecule has 1 aliphatic rings. The van der Waals surface area contributed by atoms with Crippen LogP contribution >= 0.6 is 0 Å². The Morgan fingerprint density at radius 1 is 1.41 bits per heavy atom. The van der Waals surface area contributed by atoms with E-state index >= 15 is 0 Å². The van der Waals surface area contributed by atoms with Gasteiger partial charge in [-0.05, 0) is 39.7 Å². The summed E-state index contributed by atoms with van der Waals surface area (Å²) in [6.07, 6.45) is 5.59. The SMILES string of the molecule is Cc1nn(C)c(C)c1[C@H]1CCCN1C(=O)[C@@H](C)n1cccn1. The summed E-state index contributed by atoms with van der Waals surface area (Å²) >= 11 is 0. The Hall–Kier alpha value is -2.11. The molecule has 1 fully saturated rings. The molecule has 1 amide bonds. The molecule has 1 aliphatic heterocycles. The highest BCUT2D eigenvalue weighted by Crippen LogP contribution is 2.36. The Bertz CT molecular complexity index is 673. The summed E-state index contributed by atoms with van der Waals surface area (Å²) in [6, 6.07) is 1.72. The van der Waals surface area contributed by atoms with E-state index in [0.29, 0.717) is 0 Å². The third-order valence-electron chi connectivity index (χ3n) is 4.71. The fourth-order valence-electron chi connectivity index (χ4n) is 3.47. The van der Waals surface area contributed by atoms with Crippen molar-refractivity contribution in [2.75, 3.05) is 6.54 Å². The van der Waals surface area contributed by atoms with Crippen molar-refractivity contribution >= 4 is 5.91 Å². The van der Waals surface area contributed by atoms with Crippen molar-refractivity contribution < 1.29 is 4.79 Å². The molecule has 0 aliphatic carbocycles. The molecule has 2 aromatic heterocycles. The third kappa shape index (κ3) is 2.32. The smallest absolute Gasteiger partial charge is 0.247 e. The van der Waals surface area contributed by atoms with Crippen LogP contribution in [0, 0.1) is 13.8 Å². The van der Waals surface area contributed by atoms with Gasteiger partial charge in [0.05, 0.1) is 11.7 Å². The molecule has 0 radical (unpaired) electrons. The Balaban J connectivity index is 1.88. The first-order valence-corrected chi connectivity index (χ1v) is 7.80. The van der Waals surface area contributed by atoms with Gasteiger partial charge in [-0.3, -0.25) is 14.2 Å². The zero-order chi connectivity index (χ0) is 15.9. The summed E-state index contributed by atoms with van der Waals surface area (Å²) in [5.74, 6) is 0.133. The third-order valence-corrected chi connectivity index (χ3v) is 4.71. The lowest BCUT2D eigenvalue weighted by atomic mass is 10.0. The van der Waals surface area contributed by atoms with E-state index in [-0.39, 0.29) is 18.0 Å². The normalized spacial score (nSPS) is 19.6. The second kappa shape index (κ2) is 5.59. The number of carbonyl (C=O) groups is 1. The van der Waals surface area contributed by atoms with Gasteiger partial charge in [-0.2, -0.15) is 10.2 Å². The number of hydrogen-bond acceptors (Lipinski definition) is 3. The van der Waals surface area contributed by atoms with Gasteiger partial charge in [0.25, 0.3) is 0 Å². The molecule has 22 heavy (non-hydrogen) atoms. The zero-order valence-electron chi connectivity index (χ0n) is 13.7. The average molecular weight is 301 g/mol. The maximum atomic E-state index is 12.9. The van der Waals surface area contributed by atoms with Crippen molar-refractivity contribution in [2.45, 2.75) is 45.7 Å². The number of rotatable bonds is 3. The van der Waals surface area contributed by atoms with Gasteiger partial charge in [-0.25, -0.2) is 0 Å². The van der Waals surface area contributed by atoms with E-state index in [1.165, 1.54) is 5.56 Å². The van der Waals surface area contributed by atoms with E-state index in [4.69, 9.17) is 0 Å². The van der Waals surface area contributed by atoms with Gasteiger partial charge in [0, 0.05) is 37.2 Å². The van der Waals surface area contributed by atoms with Crippen LogP contribution in [0.25, 0.3) is 0 Å². The van der Waals surface area contributed by atoms with Gasteiger partial charge >= 0.3 is 0 Å². The zero-order valence-corrected chi connectivity index (χ0v) is 13.7. The van der Waals surface area contributed by atoms with Crippen molar-refractivity contribution in [3.63, 3.8) is 0 Å². The number of carbonyl (C=O) groups excluding carboxylic acids is 1. The summed E-state index contributed by atoms with van der Waals surface area (Å²) in [6.45, 7) is 6.82. The largest absolute Gasteiger partial charge is 0.334 e. The lowest BCUT2D eigenvalue weighted by Gasteiger charge is -2.28. The molecule has 1 saturated heterocycles. The van der Waals surface area contributed by atoms with E-state index in [2.05, 4.69) is 17.1 Å². The summed E-state index contributed by atoms with van der Waals surface area (Å²) in [5, 5.41) is 8.70. The van der Waals surface area contributed by atoms with Crippen LogP contribution in [-0.2, 0) is 11.8 Å².